The largest absolute Gasteiger partial charge is 0.381 e. The molecule has 0 unspecified atom stereocenters. The molecule has 3 nitrogen and oxygen atoms in total. The van der Waals surface area contributed by atoms with Gasteiger partial charge in [-0.25, -0.2) is 4.98 Å². The van der Waals surface area contributed by atoms with Crippen molar-refractivity contribution < 1.29 is 9.47 Å². The second-order valence-corrected chi connectivity index (χ2v) is 6.21. The Bertz CT molecular complexity index is 324. The number of thiazole rings is 1. The lowest BCUT2D eigenvalue weighted by atomic mass is 10.0. The van der Waals surface area contributed by atoms with Gasteiger partial charge < -0.3 is 9.47 Å². The molecule has 1 aromatic heterocycles. The SMILES string of the molecule is COCc1nc(CSCC2CCOCC2)cs1. The number of methoxy groups -OCH3 is 1. The number of hydrogen-bond acceptors (Lipinski definition) is 5. The molecule has 0 radical (unpaired) electrons. The molecule has 1 saturated heterocycles. The maximum atomic E-state index is 5.36. The Morgan fingerprint density at radius 1 is 1.53 bits per heavy atom. The summed E-state index contributed by atoms with van der Waals surface area (Å²) in [5, 5.41) is 3.22. The van der Waals surface area contributed by atoms with Crippen LogP contribution in [0.4, 0.5) is 0 Å². The molecule has 0 bridgehead atoms. The highest BCUT2D eigenvalue weighted by Gasteiger charge is 2.13. The summed E-state index contributed by atoms with van der Waals surface area (Å²) < 4.78 is 10.4. The Kier molecular flexibility index (Phi) is 5.77. The van der Waals surface area contributed by atoms with Crippen molar-refractivity contribution >= 4 is 23.1 Å². The van der Waals surface area contributed by atoms with E-state index in [1.807, 2.05) is 11.8 Å². The van der Waals surface area contributed by atoms with Crippen LogP contribution in [-0.4, -0.2) is 31.1 Å². The number of thioether (sulfide) groups is 1. The highest BCUT2D eigenvalue weighted by molar-refractivity contribution is 7.98. The predicted octanol–water partition coefficient (Wildman–Crippen LogP) is 2.95. The summed E-state index contributed by atoms with van der Waals surface area (Å²) in [5.74, 6) is 3.10. The van der Waals surface area contributed by atoms with Gasteiger partial charge in [0.25, 0.3) is 0 Å². The highest BCUT2D eigenvalue weighted by Crippen LogP contribution is 2.23. The first-order chi connectivity index (χ1) is 8.38. The monoisotopic (exact) mass is 273 g/mol. The molecule has 1 aliphatic heterocycles. The van der Waals surface area contributed by atoms with Gasteiger partial charge in [0.1, 0.15) is 5.01 Å². The van der Waals surface area contributed by atoms with Crippen LogP contribution in [0.1, 0.15) is 23.5 Å². The zero-order valence-electron chi connectivity index (χ0n) is 10.2. The van der Waals surface area contributed by atoms with Crippen LogP contribution in [0.15, 0.2) is 5.38 Å². The molecule has 1 aliphatic rings. The van der Waals surface area contributed by atoms with Gasteiger partial charge in [0.05, 0.1) is 12.3 Å². The third-order valence-corrected chi connectivity index (χ3v) is 4.89. The number of nitrogens with zero attached hydrogens (tertiary/aromatic N) is 1. The topological polar surface area (TPSA) is 31.4 Å². The van der Waals surface area contributed by atoms with E-state index in [1.165, 1.54) is 24.3 Å². The summed E-state index contributed by atoms with van der Waals surface area (Å²) in [6, 6.07) is 0. The van der Waals surface area contributed by atoms with Crippen LogP contribution in [0.3, 0.4) is 0 Å². The van der Waals surface area contributed by atoms with Crippen molar-refractivity contribution in [3.8, 4) is 0 Å². The molecular weight excluding hydrogens is 254 g/mol. The van der Waals surface area contributed by atoms with Crippen molar-refractivity contribution in [3.05, 3.63) is 16.1 Å². The molecule has 0 amide bonds. The normalized spacial score (nSPS) is 17.5. The highest BCUT2D eigenvalue weighted by atomic mass is 32.2. The van der Waals surface area contributed by atoms with Gasteiger partial charge >= 0.3 is 0 Å². The van der Waals surface area contributed by atoms with Gasteiger partial charge in [0.15, 0.2) is 0 Å². The van der Waals surface area contributed by atoms with E-state index in [4.69, 9.17) is 9.47 Å². The lowest BCUT2D eigenvalue weighted by Crippen LogP contribution is -2.17. The summed E-state index contributed by atoms with van der Waals surface area (Å²) in [6.45, 7) is 2.52. The fraction of sp³-hybridized carbons (Fsp3) is 0.750. The fourth-order valence-corrected chi connectivity index (χ4v) is 3.86. The zero-order valence-corrected chi connectivity index (χ0v) is 11.8. The van der Waals surface area contributed by atoms with Crippen LogP contribution in [-0.2, 0) is 21.8 Å². The number of hydrogen-bond donors (Lipinski definition) is 0. The van der Waals surface area contributed by atoms with Gasteiger partial charge in [-0.15, -0.1) is 11.3 Å². The first kappa shape index (κ1) is 13.3. The van der Waals surface area contributed by atoms with Crippen LogP contribution >= 0.6 is 23.1 Å². The fourth-order valence-electron chi connectivity index (χ4n) is 1.85. The smallest absolute Gasteiger partial charge is 0.119 e. The van der Waals surface area contributed by atoms with Gasteiger partial charge in [0.2, 0.25) is 0 Å². The molecule has 0 N–H and O–H groups in total. The second-order valence-electron chi connectivity index (χ2n) is 4.24. The minimum absolute atomic E-state index is 0.634. The number of aromatic nitrogens is 1. The summed E-state index contributed by atoms with van der Waals surface area (Å²) in [7, 11) is 1.71. The molecule has 17 heavy (non-hydrogen) atoms. The maximum absolute atomic E-state index is 5.36. The number of ether oxygens (including phenoxy) is 2. The first-order valence-corrected chi connectivity index (χ1v) is 7.99. The van der Waals surface area contributed by atoms with E-state index < -0.39 is 0 Å². The molecule has 1 fully saturated rings. The van der Waals surface area contributed by atoms with Gasteiger partial charge in [-0.05, 0) is 24.5 Å². The minimum atomic E-state index is 0.634. The van der Waals surface area contributed by atoms with E-state index in [1.54, 1.807) is 18.4 Å². The Hall–Kier alpha value is -0.100. The van der Waals surface area contributed by atoms with E-state index in [0.29, 0.717) is 6.61 Å². The van der Waals surface area contributed by atoms with E-state index in [2.05, 4.69) is 10.4 Å². The van der Waals surface area contributed by atoms with Crippen LogP contribution in [0.25, 0.3) is 0 Å². The molecule has 0 spiro atoms. The summed E-state index contributed by atoms with van der Waals surface area (Å²) >= 11 is 3.68. The Labute approximate surface area is 111 Å². The minimum Gasteiger partial charge on any atom is -0.381 e. The summed E-state index contributed by atoms with van der Waals surface area (Å²) in [6.07, 6.45) is 2.44. The van der Waals surface area contributed by atoms with Crippen LogP contribution in [0.5, 0.6) is 0 Å². The molecule has 2 rings (SSSR count). The van der Waals surface area contributed by atoms with E-state index in [9.17, 15) is 0 Å². The van der Waals surface area contributed by atoms with Crippen molar-refractivity contribution in [3.63, 3.8) is 0 Å². The predicted molar refractivity (Wildman–Crippen MR) is 72.5 cm³/mol. The van der Waals surface area contributed by atoms with E-state index in [-0.39, 0.29) is 0 Å². The van der Waals surface area contributed by atoms with Crippen molar-refractivity contribution in [1.82, 2.24) is 4.98 Å². The van der Waals surface area contributed by atoms with E-state index in [0.717, 1.165) is 29.9 Å². The molecule has 96 valence electrons. The van der Waals surface area contributed by atoms with Crippen molar-refractivity contribution in [2.24, 2.45) is 5.92 Å². The zero-order chi connectivity index (χ0) is 11.9. The third kappa shape index (κ3) is 4.58. The first-order valence-electron chi connectivity index (χ1n) is 5.96. The lowest BCUT2D eigenvalue weighted by molar-refractivity contribution is 0.0728. The van der Waals surface area contributed by atoms with Gasteiger partial charge in [-0.1, -0.05) is 0 Å². The summed E-state index contributed by atoms with van der Waals surface area (Å²) in [4.78, 5) is 4.53. The quantitative estimate of drug-likeness (QED) is 0.797. The van der Waals surface area contributed by atoms with Crippen LogP contribution in [0, 0.1) is 5.92 Å². The molecular formula is C12H19NO2S2. The van der Waals surface area contributed by atoms with Gasteiger partial charge in [0, 0.05) is 31.5 Å². The standard InChI is InChI=1S/C12H19NO2S2/c1-14-6-12-13-11(9-17-12)8-16-7-10-2-4-15-5-3-10/h9-10H,2-8H2,1H3. The van der Waals surface area contributed by atoms with Gasteiger partial charge in [-0.3, -0.25) is 0 Å². The Balaban J connectivity index is 1.66. The number of rotatable bonds is 6. The molecule has 5 heteroatoms. The summed E-state index contributed by atoms with van der Waals surface area (Å²) in [5.41, 5.74) is 1.19. The van der Waals surface area contributed by atoms with Gasteiger partial charge in [-0.2, -0.15) is 11.8 Å². The molecule has 0 aliphatic carbocycles. The molecule has 0 saturated carbocycles. The molecule has 0 aromatic carbocycles. The maximum Gasteiger partial charge on any atom is 0.119 e. The third-order valence-electron chi connectivity index (χ3n) is 2.81. The molecule has 2 heterocycles. The average Bonchev–Trinajstić information content (AvgIpc) is 2.79. The van der Waals surface area contributed by atoms with Crippen molar-refractivity contribution in [2.45, 2.75) is 25.2 Å². The second kappa shape index (κ2) is 7.36. The Morgan fingerprint density at radius 3 is 3.12 bits per heavy atom. The molecule has 0 atom stereocenters. The molecule has 1 aromatic rings. The van der Waals surface area contributed by atoms with Crippen LogP contribution in [0.2, 0.25) is 0 Å². The average molecular weight is 273 g/mol. The lowest BCUT2D eigenvalue weighted by Gasteiger charge is -2.21. The van der Waals surface area contributed by atoms with Crippen LogP contribution < -0.4 is 0 Å². The van der Waals surface area contributed by atoms with Crippen molar-refractivity contribution in [2.75, 3.05) is 26.1 Å². The Morgan fingerprint density at radius 2 is 2.35 bits per heavy atom. The van der Waals surface area contributed by atoms with Crippen molar-refractivity contribution in [1.29, 1.82) is 0 Å². The van der Waals surface area contributed by atoms with E-state index >= 15 is 0 Å².